The molecule has 120 valence electrons. The van der Waals surface area contributed by atoms with E-state index in [1.165, 1.54) is 11.3 Å². The Labute approximate surface area is 140 Å². The van der Waals surface area contributed by atoms with Gasteiger partial charge in [0, 0.05) is 19.3 Å². The van der Waals surface area contributed by atoms with Crippen molar-refractivity contribution in [1.29, 1.82) is 0 Å². The Morgan fingerprint density at radius 2 is 1.91 bits per heavy atom. The molecule has 1 fully saturated rings. The molecule has 1 saturated heterocycles. The molecule has 2 amide bonds. The predicted octanol–water partition coefficient (Wildman–Crippen LogP) is 3.41. The number of carbonyl (C=O) groups is 2. The molecule has 5 heteroatoms. The summed E-state index contributed by atoms with van der Waals surface area (Å²) in [5, 5.41) is 1.89. The van der Waals surface area contributed by atoms with Crippen molar-refractivity contribution in [3.63, 3.8) is 0 Å². The number of thiophene rings is 1. The molecule has 4 nitrogen and oxygen atoms in total. The lowest BCUT2D eigenvalue weighted by Gasteiger charge is -2.36. The number of amides is 2. The van der Waals surface area contributed by atoms with E-state index in [0.29, 0.717) is 11.4 Å². The first kappa shape index (κ1) is 15.7. The van der Waals surface area contributed by atoms with Gasteiger partial charge in [-0.25, -0.2) is 0 Å². The Morgan fingerprint density at radius 1 is 1.13 bits per heavy atom. The van der Waals surface area contributed by atoms with Crippen LogP contribution in [0, 0.1) is 0 Å². The highest BCUT2D eigenvalue weighted by Gasteiger charge is 2.34. The standard InChI is InChI=1S/C18H20N2O2S/c1-19(14-8-3-2-4-9-14)17(21)15-10-5-6-12-20(15)18(22)16-11-7-13-23-16/h2-4,7-9,11,13,15H,5-6,10,12H2,1H3. The van der Waals surface area contributed by atoms with Crippen LogP contribution in [0.3, 0.4) is 0 Å². The summed E-state index contributed by atoms with van der Waals surface area (Å²) in [6.45, 7) is 0.649. The second kappa shape index (κ2) is 6.96. The molecule has 1 aromatic heterocycles. The summed E-state index contributed by atoms with van der Waals surface area (Å²) in [7, 11) is 1.78. The minimum Gasteiger partial charge on any atom is -0.326 e. The van der Waals surface area contributed by atoms with Crippen molar-refractivity contribution in [2.24, 2.45) is 0 Å². The molecule has 2 aromatic rings. The average molecular weight is 328 g/mol. The number of likely N-dealkylation sites (N-methyl/N-ethyl adjacent to an activating group) is 1. The van der Waals surface area contributed by atoms with E-state index in [0.717, 1.165) is 24.9 Å². The molecule has 1 atom stereocenters. The SMILES string of the molecule is CN(C(=O)C1CCCCN1C(=O)c1cccs1)c1ccccc1. The lowest BCUT2D eigenvalue weighted by molar-refractivity contribution is -0.123. The maximum Gasteiger partial charge on any atom is 0.264 e. The number of rotatable bonds is 3. The second-order valence-corrected chi connectivity index (χ2v) is 6.67. The summed E-state index contributed by atoms with van der Waals surface area (Å²) in [4.78, 5) is 29.7. The van der Waals surface area contributed by atoms with Crippen molar-refractivity contribution in [2.75, 3.05) is 18.5 Å². The highest BCUT2D eigenvalue weighted by Crippen LogP contribution is 2.24. The fourth-order valence-electron chi connectivity index (χ4n) is 2.98. The Hall–Kier alpha value is -2.14. The Morgan fingerprint density at radius 3 is 2.61 bits per heavy atom. The molecule has 0 bridgehead atoms. The maximum atomic E-state index is 12.9. The molecular weight excluding hydrogens is 308 g/mol. The third-order valence-corrected chi connectivity index (χ3v) is 5.11. The van der Waals surface area contributed by atoms with Crippen molar-refractivity contribution < 1.29 is 9.59 Å². The number of anilines is 1. The number of hydrogen-bond donors (Lipinski definition) is 0. The van der Waals surface area contributed by atoms with Gasteiger partial charge in [0.25, 0.3) is 5.91 Å². The van der Waals surface area contributed by atoms with Crippen molar-refractivity contribution in [3.05, 3.63) is 52.7 Å². The summed E-state index contributed by atoms with van der Waals surface area (Å²) in [5.41, 5.74) is 0.853. The molecule has 0 saturated carbocycles. The smallest absolute Gasteiger partial charge is 0.264 e. The van der Waals surface area contributed by atoms with Crippen LogP contribution in [0.25, 0.3) is 0 Å². The monoisotopic (exact) mass is 328 g/mol. The summed E-state index contributed by atoms with van der Waals surface area (Å²) in [6.07, 6.45) is 2.66. The lowest BCUT2D eigenvalue weighted by Crippen LogP contribution is -2.52. The van der Waals surface area contributed by atoms with E-state index in [2.05, 4.69) is 0 Å². The largest absolute Gasteiger partial charge is 0.326 e. The van der Waals surface area contributed by atoms with Gasteiger partial charge in [0.2, 0.25) is 5.91 Å². The second-order valence-electron chi connectivity index (χ2n) is 5.72. The number of benzene rings is 1. The van der Waals surface area contributed by atoms with Crippen molar-refractivity contribution >= 4 is 28.8 Å². The number of para-hydroxylation sites is 1. The quantitative estimate of drug-likeness (QED) is 0.866. The van der Waals surface area contributed by atoms with E-state index in [1.54, 1.807) is 16.8 Å². The summed E-state index contributed by atoms with van der Waals surface area (Å²) in [6, 6.07) is 12.9. The molecule has 0 aliphatic carbocycles. The highest BCUT2D eigenvalue weighted by atomic mass is 32.1. The van der Waals surface area contributed by atoms with Gasteiger partial charge in [0.1, 0.15) is 6.04 Å². The molecule has 1 unspecified atom stereocenters. The van der Waals surface area contributed by atoms with Crippen LogP contribution in [0.4, 0.5) is 5.69 Å². The van der Waals surface area contributed by atoms with Crippen LogP contribution in [0.5, 0.6) is 0 Å². The fourth-order valence-corrected chi connectivity index (χ4v) is 3.65. The van der Waals surface area contributed by atoms with Crippen LogP contribution in [0.2, 0.25) is 0 Å². The number of carbonyl (C=O) groups excluding carboxylic acids is 2. The van der Waals surface area contributed by atoms with Crippen LogP contribution < -0.4 is 4.90 Å². The van der Waals surface area contributed by atoms with Gasteiger partial charge in [0.15, 0.2) is 0 Å². The molecule has 0 radical (unpaired) electrons. The average Bonchev–Trinajstić information content (AvgIpc) is 3.15. The normalized spacial score (nSPS) is 17.8. The lowest BCUT2D eigenvalue weighted by atomic mass is 10.0. The highest BCUT2D eigenvalue weighted by molar-refractivity contribution is 7.12. The number of piperidine rings is 1. The van der Waals surface area contributed by atoms with Crippen molar-refractivity contribution in [1.82, 2.24) is 4.90 Å². The molecular formula is C18H20N2O2S. The van der Waals surface area contributed by atoms with Crippen molar-refractivity contribution in [2.45, 2.75) is 25.3 Å². The van der Waals surface area contributed by atoms with Crippen LogP contribution in [0.1, 0.15) is 28.9 Å². The third-order valence-electron chi connectivity index (χ3n) is 4.25. The molecule has 2 heterocycles. The van der Waals surface area contributed by atoms with Crippen LogP contribution >= 0.6 is 11.3 Å². The number of likely N-dealkylation sites (tertiary alicyclic amines) is 1. The molecule has 1 aromatic carbocycles. The molecule has 1 aliphatic rings. The summed E-state index contributed by atoms with van der Waals surface area (Å²) < 4.78 is 0. The Kier molecular flexibility index (Phi) is 4.76. The zero-order valence-electron chi connectivity index (χ0n) is 13.1. The number of nitrogens with zero attached hydrogens (tertiary/aromatic N) is 2. The van der Waals surface area contributed by atoms with E-state index < -0.39 is 0 Å². The first-order valence-corrected chi connectivity index (χ1v) is 8.73. The topological polar surface area (TPSA) is 40.6 Å². The van der Waals surface area contributed by atoms with Gasteiger partial charge in [-0.3, -0.25) is 9.59 Å². The maximum absolute atomic E-state index is 12.9. The van der Waals surface area contributed by atoms with E-state index in [1.807, 2.05) is 47.8 Å². The third kappa shape index (κ3) is 3.29. The predicted molar refractivity (Wildman–Crippen MR) is 92.8 cm³/mol. The minimum absolute atomic E-state index is 0.0131. The van der Waals surface area contributed by atoms with Gasteiger partial charge in [-0.2, -0.15) is 0 Å². The van der Waals surface area contributed by atoms with Crippen LogP contribution in [-0.4, -0.2) is 36.3 Å². The summed E-state index contributed by atoms with van der Waals surface area (Å²) in [5.74, 6) is -0.0414. The van der Waals surface area contributed by atoms with Gasteiger partial charge in [-0.15, -0.1) is 11.3 Å². The van der Waals surface area contributed by atoms with Gasteiger partial charge < -0.3 is 9.80 Å². The van der Waals surface area contributed by atoms with E-state index in [-0.39, 0.29) is 17.9 Å². The zero-order chi connectivity index (χ0) is 16.2. The van der Waals surface area contributed by atoms with E-state index in [9.17, 15) is 9.59 Å². The number of hydrogen-bond acceptors (Lipinski definition) is 3. The van der Waals surface area contributed by atoms with Crippen molar-refractivity contribution in [3.8, 4) is 0 Å². The van der Waals surface area contributed by atoms with Gasteiger partial charge >= 0.3 is 0 Å². The molecule has 0 spiro atoms. The molecule has 0 N–H and O–H groups in total. The Balaban J connectivity index is 1.81. The van der Waals surface area contributed by atoms with Gasteiger partial charge in [-0.05, 0) is 42.8 Å². The molecule has 23 heavy (non-hydrogen) atoms. The van der Waals surface area contributed by atoms with Crippen LogP contribution in [-0.2, 0) is 4.79 Å². The van der Waals surface area contributed by atoms with E-state index >= 15 is 0 Å². The first-order valence-electron chi connectivity index (χ1n) is 7.85. The summed E-state index contributed by atoms with van der Waals surface area (Å²) >= 11 is 1.43. The zero-order valence-corrected chi connectivity index (χ0v) is 14.0. The molecule has 3 rings (SSSR count). The Bertz CT molecular complexity index is 670. The minimum atomic E-state index is -0.372. The fraction of sp³-hybridized carbons (Fsp3) is 0.333. The van der Waals surface area contributed by atoms with Gasteiger partial charge in [-0.1, -0.05) is 24.3 Å². The van der Waals surface area contributed by atoms with Crippen LogP contribution in [0.15, 0.2) is 47.8 Å². The molecule has 1 aliphatic heterocycles. The van der Waals surface area contributed by atoms with Gasteiger partial charge in [0.05, 0.1) is 4.88 Å². The first-order chi connectivity index (χ1) is 11.2. The van der Waals surface area contributed by atoms with E-state index in [4.69, 9.17) is 0 Å².